The minimum atomic E-state index is -0.399. The molecule has 98 valence electrons. The Morgan fingerprint density at radius 3 is 2.56 bits per heavy atom. The van der Waals surface area contributed by atoms with Crippen LogP contribution in [0, 0.1) is 13.8 Å². The van der Waals surface area contributed by atoms with Gasteiger partial charge in [-0.2, -0.15) is 0 Å². The molecule has 1 unspecified atom stereocenters. The fourth-order valence-corrected chi connectivity index (χ4v) is 2.37. The number of carbonyl (C=O) groups is 1. The third-order valence-corrected chi connectivity index (χ3v) is 3.40. The molecule has 1 amide bonds. The molecule has 1 heterocycles. The van der Waals surface area contributed by atoms with Crippen LogP contribution in [-0.4, -0.2) is 30.0 Å². The van der Waals surface area contributed by atoms with Gasteiger partial charge in [0.1, 0.15) is 5.75 Å². The number of benzene rings is 1. The molecule has 0 N–H and O–H groups in total. The second-order valence-corrected chi connectivity index (χ2v) is 5.06. The quantitative estimate of drug-likeness (QED) is 0.822. The summed E-state index contributed by atoms with van der Waals surface area (Å²) < 4.78 is 5.78. The molecule has 3 heteroatoms. The maximum Gasteiger partial charge on any atom is 0.263 e. The average molecular weight is 247 g/mol. The van der Waals surface area contributed by atoms with Gasteiger partial charge in [-0.1, -0.05) is 17.7 Å². The van der Waals surface area contributed by atoms with Crippen LogP contribution in [-0.2, 0) is 4.79 Å². The molecule has 2 rings (SSSR count). The van der Waals surface area contributed by atoms with Gasteiger partial charge in [0.15, 0.2) is 6.10 Å². The molecule has 1 saturated heterocycles. The predicted molar refractivity (Wildman–Crippen MR) is 71.8 cm³/mol. The lowest BCUT2D eigenvalue weighted by Crippen LogP contribution is -2.38. The standard InChI is InChI=1S/C15H21NO2/c1-11-6-7-14(12(2)10-11)18-13(3)15(17)16-8-4-5-9-16/h6-7,10,13H,4-5,8-9H2,1-3H3. The van der Waals surface area contributed by atoms with Crippen molar-refractivity contribution >= 4 is 5.91 Å². The molecule has 0 spiro atoms. The SMILES string of the molecule is Cc1ccc(OC(C)C(=O)N2CCCC2)c(C)c1. The van der Waals surface area contributed by atoms with Gasteiger partial charge in [0, 0.05) is 13.1 Å². The Bertz CT molecular complexity index is 436. The Labute approximate surface area is 109 Å². The van der Waals surface area contributed by atoms with Gasteiger partial charge in [-0.3, -0.25) is 4.79 Å². The number of carbonyl (C=O) groups excluding carboxylic acids is 1. The van der Waals surface area contributed by atoms with E-state index in [1.807, 2.05) is 30.9 Å². The van der Waals surface area contributed by atoms with Crippen LogP contribution < -0.4 is 4.74 Å². The van der Waals surface area contributed by atoms with Gasteiger partial charge in [0.25, 0.3) is 5.91 Å². The first-order valence-electron chi connectivity index (χ1n) is 6.60. The van der Waals surface area contributed by atoms with Gasteiger partial charge in [0.05, 0.1) is 0 Å². The molecule has 1 aromatic rings. The third kappa shape index (κ3) is 2.84. The molecule has 0 aliphatic carbocycles. The van der Waals surface area contributed by atoms with Crippen LogP contribution >= 0.6 is 0 Å². The molecule has 1 aliphatic rings. The van der Waals surface area contributed by atoms with Gasteiger partial charge >= 0.3 is 0 Å². The molecule has 1 aromatic carbocycles. The molecule has 0 bridgehead atoms. The Balaban J connectivity index is 2.01. The number of aryl methyl sites for hydroxylation is 2. The zero-order valence-electron chi connectivity index (χ0n) is 11.4. The number of rotatable bonds is 3. The number of ether oxygens (including phenoxy) is 1. The van der Waals surface area contributed by atoms with Gasteiger partial charge in [-0.15, -0.1) is 0 Å². The molecule has 18 heavy (non-hydrogen) atoms. The van der Waals surface area contributed by atoms with Crippen LogP contribution in [0.3, 0.4) is 0 Å². The monoisotopic (exact) mass is 247 g/mol. The number of hydrogen-bond donors (Lipinski definition) is 0. The van der Waals surface area contributed by atoms with Crippen LogP contribution in [0.2, 0.25) is 0 Å². The first-order chi connectivity index (χ1) is 8.58. The topological polar surface area (TPSA) is 29.5 Å². The lowest BCUT2D eigenvalue weighted by molar-refractivity contribution is -0.136. The highest BCUT2D eigenvalue weighted by Gasteiger charge is 2.24. The van der Waals surface area contributed by atoms with Gasteiger partial charge in [0.2, 0.25) is 0 Å². The van der Waals surface area contributed by atoms with Crippen LogP contribution in [0.15, 0.2) is 18.2 Å². The summed E-state index contributed by atoms with van der Waals surface area (Å²) in [6.45, 7) is 7.64. The maximum atomic E-state index is 12.1. The minimum Gasteiger partial charge on any atom is -0.481 e. The summed E-state index contributed by atoms with van der Waals surface area (Å²) in [6.07, 6.45) is 1.83. The van der Waals surface area contributed by atoms with E-state index in [9.17, 15) is 4.79 Å². The van der Waals surface area contributed by atoms with E-state index < -0.39 is 6.10 Å². The Kier molecular flexibility index (Phi) is 3.90. The fraction of sp³-hybridized carbons (Fsp3) is 0.533. The number of amides is 1. The van der Waals surface area contributed by atoms with Crippen molar-refractivity contribution in [3.63, 3.8) is 0 Å². The third-order valence-electron chi connectivity index (χ3n) is 3.40. The van der Waals surface area contributed by atoms with E-state index in [-0.39, 0.29) is 5.91 Å². The van der Waals surface area contributed by atoms with Gasteiger partial charge < -0.3 is 9.64 Å². The minimum absolute atomic E-state index is 0.104. The molecule has 3 nitrogen and oxygen atoms in total. The van der Waals surface area contributed by atoms with E-state index in [1.54, 1.807) is 0 Å². The fourth-order valence-electron chi connectivity index (χ4n) is 2.37. The van der Waals surface area contributed by atoms with E-state index in [0.717, 1.165) is 37.2 Å². The maximum absolute atomic E-state index is 12.1. The number of nitrogens with zero attached hydrogens (tertiary/aromatic N) is 1. The Hall–Kier alpha value is -1.51. The van der Waals surface area contributed by atoms with E-state index in [2.05, 4.69) is 13.0 Å². The van der Waals surface area contributed by atoms with Crippen molar-refractivity contribution in [2.75, 3.05) is 13.1 Å². The van der Waals surface area contributed by atoms with Gasteiger partial charge in [-0.05, 0) is 45.2 Å². The molecule has 0 radical (unpaired) electrons. The van der Waals surface area contributed by atoms with Crippen molar-refractivity contribution in [3.8, 4) is 5.75 Å². The lowest BCUT2D eigenvalue weighted by atomic mass is 10.1. The molecule has 0 saturated carbocycles. The summed E-state index contributed by atoms with van der Waals surface area (Å²) in [5.41, 5.74) is 2.29. The smallest absolute Gasteiger partial charge is 0.263 e. The summed E-state index contributed by atoms with van der Waals surface area (Å²) in [5, 5.41) is 0. The van der Waals surface area contributed by atoms with Crippen molar-refractivity contribution in [3.05, 3.63) is 29.3 Å². The zero-order valence-corrected chi connectivity index (χ0v) is 11.4. The molecule has 0 aromatic heterocycles. The largest absolute Gasteiger partial charge is 0.481 e. The Morgan fingerprint density at radius 1 is 1.28 bits per heavy atom. The second kappa shape index (κ2) is 5.42. The summed E-state index contributed by atoms with van der Waals surface area (Å²) >= 11 is 0. The van der Waals surface area contributed by atoms with Crippen LogP contribution in [0.5, 0.6) is 5.75 Å². The first kappa shape index (κ1) is 12.9. The summed E-state index contributed by atoms with van der Waals surface area (Å²) in [4.78, 5) is 14.0. The zero-order chi connectivity index (χ0) is 13.1. The van der Waals surface area contributed by atoms with Gasteiger partial charge in [-0.25, -0.2) is 0 Å². The van der Waals surface area contributed by atoms with Crippen molar-refractivity contribution < 1.29 is 9.53 Å². The highest BCUT2D eigenvalue weighted by Crippen LogP contribution is 2.21. The van der Waals surface area contributed by atoms with Crippen molar-refractivity contribution in [2.45, 2.75) is 39.7 Å². The van der Waals surface area contributed by atoms with E-state index in [4.69, 9.17) is 4.74 Å². The molecule has 1 fully saturated rings. The van der Waals surface area contributed by atoms with Crippen molar-refractivity contribution in [2.24, 2.45) is 0 Å². The Morgan fingerprint density at radius 2 is 1.94 bits per heavy atom. The number of hydrogen-bond acceptors (Lipinski definition) is 2. The summed E-state index contributed by atoms with van der Waals surface area (Å²) in [7, 11) is 0. The molecule has 1 atom stereocenters. The first-order valence-corrected chi connectivity index (χ1v) is 6.60. The molecular formula is C15H21NO2. The number of likely N-dealkylation sites (tertiary alicyclic amines) is 1. The lowest BCUT2D eigenvalue weighted by Gasteiger charge is -2.22. The highest BCUT2D eigenvalue weighted by atomic mass is 16.5. The van der Waals surface area contributed by atoms with Crippen LogP contribution in [0.4, 0.5) is 0 Å². The second-order valence-electron chi connectivity index (χ2n) is 5.06. The molecular weight excluding hydrogens is 226 g/mol. The highest BCUT2D eigenvalue weighted by molar-refractivity contribution is 5.81. The van der Waals surface area contributed by atoms with Crippen molar-refractivity contribution in [1.29, 1.82) is 0 Å². The summed E-state index contributed by atoms with van der Waals surface area (Å²) in [5.74, 6) is 0.910. The van der Waals surface area contributed by atoms with Crippen LogP contribution in [0.25, 0.3) is 0 Å². The van der Waals surface area contributed by atoms with Crippen molar-refractivity contribution in [1.82, 2.24) is 4.90 Å². The molecule has 1 aliphatic heterocycles. The van der Waals surface area contributed by atoms with E-state index in [0.29, 0.717) is 0 Å². The van der Waals surface area contributed by atoms with Crippen LogP contribution in [0.1, 0.15) is 30.9 Å². The van der Waals surface area contributed by atoms with E-state index in [1.165, 1.54) is 5.56 Å². The van der Waals surface area contributed by atoms with E-state index >= 15 is 0 Å². The summed E-state index contributed by atoms with van der Waals surface area (Å²) in [6, 6.07) is 6.02. The normalized spacial score (nSPS) is 16.7. The predicted octanol–water partition coefficient (Wildman–Crippen LogP) is 2.69. The average Bonchev–Trinajstić information content (AvgIpc) is 2.85.